The lowest BCUT2D eigenvalue weighted by atomic mass is 9.94. The van der Waals surface area contributed by atoms with Crippen molar-refractivity contribution in [1.29, 1.82) is 0 Å². The molecule has 0 spiro atoms. The van der Waals surface area contributed by atoms with Crippen LogP contribution >= 0.6 is 0 Å². The predicted molar refractivity (Wildman–Crippen MR) is 142 cm³/mol. The van der Waals surface area contributed by atoms with Crippen LogP contribution in [0.3, 0.4) is 0 Å². The monoisotopic (exact) mass is 493 g/mol. The van der Waals surface area contributed by atoms with Gasteiger partial charge in [0.1, 0.15) is 18.4 Å². The first kappa shape index (κ1) is 24.1. The summed E-state index contributed by atoms with van der Waals surface area (Å²) < 4.78 is 11.1. The number of carboxylic acid groups (broad SMARTS) is 1. The molecule has 4 aromatic carbocycles. The van der Waals surface area contributed by atoms with E-state index in [0.717, 1.165) is 38.9 Å². The molecule has 0 bridgehead atoms. The van der Waals surface area contributed by atoms with E-state index in [4.69, 9.17) is 9.47 Å². The zero-order valence-corrected chi connectivity index (χ0v) is 20.4. The average molecular weight is 494 g/mol. The van der Waals surface area contributed by atoms with Crippen LogP contribution in [0.5, 0.6) is 5.75 Å². The number of para-hydroxylation sites is 1. The van der Waals surface area contributed by atoms with Crippen LogP contribution in [0.4, 0.5) is 4.79 Å². The van der Waals surface area contributed by atoms with E-state index in [1.54, 1.807) is 7.11 Å². The molecular weight excluding hydrogens is 466 g/mol. The van der Waals surface area contributed by atoms with Crippen LogP contribution in [0.15, 0.2) is 97.1 Å². The van der Waals surface area contributed by atoms with Crippen molar-refractivity contribution >= 4 is 12.1 Å². The molecule has 4 aromatic rings. The summed E-state index contributed by atoms with van der Waals surface area (Å²) in [5.41, 5.74) is 6.92. The van der Waals surface area contributed by atoms with E-state index >= 15 is 0 Å². The van der Waals surface area contributed by atoms with Crippen LogP contribution in [0.25, 0.3) is 22.3 Å². The Labute approximate surface area is 215 Å². The van der Waals surface area contributed by atoms with Gasteiger partial charge >= 0.3 is 12.1 Å². The molecule has 0 fully saturated rings. The Bertz CT molecular complexity index is 1400. The van der Waals surface area contributed by atoms with Crippen LogP contribution in [0.2, 0.25) is 0 Å². The van der Waals surface area contributed by atoms with Crippen LogP contribution in [-0.2, 0) is 16.0 Å². The summed E-state index contributed by atoms with van der Waals surface area (Å²) in [6.45, 7) is 0.115. The fraction of sp³-hybridized carbons (Fsp3) is 0.161. The quantitative estimate of drug-likeness (QED) is 0.319. The van der Waals surface area contributed by atoms with Crippen molar-refractivity contribution in [2.75, 3.05) is 13.7 Å². The minimum atomic E-state index is -1.16. The van der Waals surface area contributed by atoms with E-state index in [-0.39, 0.29) is 18.9 Å². The number of nitrogens with one attached hydrogen (secondary N) is 1. The van der Waals surface area contributed by atoms with Gasteiger partial charge in [-0.05, 0) is 39.4 Å². The Morgan fingerprint density at radius 1 is 0.784 bits per heavy atom. The van der Waals surface area contributed by atoms with Crippen molar-refractivity contribution in [2.45, 2.75) is 18.4 Å². The normalized spacial score (nSPS) is 12.8. The molecule has 1 aliphatic carbocycles. The average Bonchev–Trinajstić information content (AvgIpc) is 3.25. The van der Waals surface area contributed by atoms with Crippen LogP contribution < -0.4 is 10.1 Å². The van der Waals surface area contributed by atoms with Crippen molar-refractivity contribution in [3.05, 3.63) is 114 Å². The molecule has 1 aliphatic rings. The molecule has 0 heterocycles. The number of carboxylic acids is 1. The maximum absolute atomic E-state index is 12.8. The highest BCUT2D eigenvalue weighted by Gasteiger charge is 2.30. The van der Waals surface area contributed by atoms with Gasteiger partial charge in [-0.3, -0.25) is 0 Å². The molecule has 0 saturated carbocycles. The number of carbonyl (C=O) groups excluding carboxylic acids is 1. The summed E-state index contributed by atoms with van der Waals surface area (Å²) in [6, 6.07) is 30.0. The van der Waals surface area contributed by atoms with Gasteiger partial charge in [0.2, 0.25) is 0 Å². The second-order valence-corrected chi connectivity index (χ2v) is 8.92. The Morgan fingerprint density at radius 2 is 1.32 bits per heavy atom. The SMILES string of the molecule is COc1ccccc1-c1ccccc1CC(NC(=O)OCC1c2ccccc2-c2ccccc21)C(=O)O. The second-order valence-electron chi connectivity index (χ2n) is 8.92. The fourth-order valence-corrected chi connectivity index (χ4v) is 5.03. The van der Waals surface area contributed by atoms with E-state index in [9.17, 15) is 14.7 Å². The van der Waals surface area contributed by atoms with Crippen molar-refractivity contribution in [2.24, 2.45) is 0 Å². The molecule has 6 nitrogen and oxygen atoms in total. The Hall–Kier alpha value is -4.58. The number of ether oxygens (including phenoxy) is 2. The first-order valence-electron chi connectivity index (χ1n) is 12.1. The number of hydrogen-bond acceptors (Lipinski definition) is 4. The molecule has 5 rings (SSSR count). The van der Waals surface area contributed by atoms with Gasteiger partial charge in [-0.2, -0.15) is 0 Å². The van der Waals surface area contributed by atoms with Gasteiger partial charge in [-0.1, -0.05) is 91.0 Å². The number of rotatable bonds is 8. The summed E-state index contributed by atoms with van der Waals surface area (Å²) in [5, 5.41) is 12.4. The minimum Gasteiger partial charge on any atom is -0.496 e. The number of carbonyl (C=O) groups is 2. The third-order valence-electron chi connectivity index (χ3n) is 6.77. The molecule has 37 heavy (non-hydrogen) atoms. The summed E-state index contributed by atoms with van der Waals surface area (Å²) in [6.07, 6.45) is -0.669. The van der Waals surface area contributed by atoms with Gasteiger partial charge in [0.15, 0.2) is 0 Å². The summed E-state index contributed by atoms with van der Waals surface area (Å²) in [7, 11) is 1.60. The van der Waals surface area contributed by atoms with Crippen molar-refractivity contribution in [3.63, 3.8) is 0 Å². The molecule has 1 atom stereocenters. The molecule has 6 heteroatoms. The van der Waals surface area contributed by atoms with Gasteiger partial charge < -0.3 is 19.9 Å². The van der Waals surface area contributed by atoms with Gasteiger partial charge in [-0.25, -0.2) is 9.59 Å². The number of methoxy groups -OCH3 is 1. The Balaban J connectivity index is 1.31. The first-order chi connectivity index (χ1) is 18.1. The Morgan fingerprint density at radius 3 is 1.95 bits per heavy atom. The highest BCUT2D eigenvalue weighted by molar-refractivity contribution is 5.82. The van der Waals surface area contributed by atoms with E-state index < -0.39 is 18.1 Å². The second kappa shape index (κ2) is 10.6. The largest absolute Gasteiger partial charge is 0.496 e. The predicted octanol–water partition coefficient (Wildman–Crippen LogP) is 5.90. The molecule has 186 valence electrons. The molecule has 2 N–H and O–H groups in total. The lowest BCUT2D eigenvalue weighted by Crippen LogP contribution is -2.43. The molecule has 1 unspecified atom stereocenters. The highest BCUT2D eigenvalue weighted by atomic mass is 16.5. The molecule has 0 radical (unpaired) electrons. The smallest absolute Gasteiger partial charge is 0.407 e. The molecule has 0 saturated heterocycles. The number of alkyl carbamates (subject to hydrolysis) is 1. The van der Waals surface area contributed by atoms with Gasteiger partial charge in [0.05, 0.1) is 7.11 Å². The fourth-order valence-electron chi connectivity index (χ4n) is 5.03. The number of hydrogen-bond donors (Lipinski definition) is 2. The Kier molecular flexibility index (Phi) is 6.90. The molecule has 0 aromatic heterocycles. The first-order valence-corrected chi connectivity index (χ1v) is 12.1. The maximum Gasteiger partial charge on any atom is 0.407 e. The van der Waals surface area contributed by atoms with Crippen molar-refractivity contribution in [1.82, 2.24) is 5.32 Å². The zero-order valence-electron chi connectivity index (χ0n) is 20.4. The number of fused-ring (bicyclic) bond motifs is 3. The number of benzene rings is 4. The van der Waals surface area contributed by atoms with Crippen molar-refractivity contribution < 1.29 is 24.2 Å². The van der Waals surface area contributed by atoms with E-state index in [1.165, 1.54) is 0 Å². The van der Waals surface area contributed by atoms with Gasteiger partial charge in [0, 0.05) is 17.9 Å². The number of aliphatic carboxylic acids is 1. The summed E-state index contributed by atoms with van der Waals surface area (Å²) >= 11 is 0. The van der Waals surface area contributed by atoms with Crippen LogP contribution in [0, 0.1) is 0 Å². The lowest BCUT2D eigenvalue weighted by Gasteiger charge is -2.19. The van der Waals surface area contributed by atoms with Crippen molar-refractivity contribution in [3.8, 4) is 28.0 Å². The maximum atomic E-state index is 12.8. The number of amides is 1. The molecular formula is C31H27NO5. The minimum absolute atomic E-state index is 0.0910. The van der Waals surface area contributed by atoms with Gasteiger partial charge in [-0.15, -0.1) is 0 Å². The zero-order chi connectivity index (χ0) is 25.8. The van der Waals surface area contributed by atoms with E-state index in [1.807, 2.05) is 84.9 Å². The van der Waals surface area contributed by atoms with Crippen LogP contribution in [-0.4, -0.2) is 36.9 Å². The van der Waals surface area contributed by atoms with E-state index in [2.05, 4.69) is 17.4 Å². The lowest BCUT2D eigenvalue weighted by molar-refractivity contribution is -0.139. The highest BCUT2D eigenvalue weighted by Crippen LogP contribution is 2.44. The van der Waals surface area contributed by atoms with Crippen LogP contribution in [0.1, 0.15) is 22.6 Å². The summed E-state index contributed by atoms with van der Waals surface area (Å²) in [4.78, 5) is 24.9. The third kappa shape index (κ3) is 4.91. The third-order valence-corrected chi connectivity index (χ3v) is 6.77. The molecule has 1 amide bonds. The van der Waals surface area contributed by atoms with Gasteiger partial charge in [0.25, 0.3) is 0 Å². The standard InChI is InChI=1S/C31H27NO5/c1-36-29-17-9-8-16-26(29)21-11-3-2-10-20(21)18-28(30(33)34)32-31(35)37-19-27-24-14-6-4-12-22(24)23-13-5-7-15-25(23)27/h2-17,27-28H,18-19H2,1H3,(H,32,35)(H,33,34). The summed E-state index contributed by atoms with van der Waals surface area (Å²) in [5.74, 6) is -0.553. The molecule has 0 aliphatic heterocycles. The van der Waals surface area contributed by atoms with E-state index in [0.29, 0.717) is 5.75 Å². The topological polar surface area (TPSA) is 84.9 Å².